The minimum Gasteiger partial charge on any atom is -0.342 e. The Morgan fingerprint density at radius 1 is 1.11 bits per heavy atom. The maximum atomic E-state index is 13.1. The zero-order valence-corrected chi connectivity index (χ0v) is 16.9. The summed E-state index contributed by atoms with van der Waals surface area (Å²) in [6, 6.07) is 16.0. The molecule has 4 nitrogen and oxygen atoms in total. The Bertz CT molecular complexity index is 800. The number of carbonyl (C=O) groups excluding carboxylic acids is 2. The molecule has 4 heteroatoms. The first-order valence-corrected chi connectivity index (χ1v) is 10.3. The molecular formula is C24H30N2O2. The average molecular weight is 379 g/mol. The van der Waals surface area contributed by atoms with Crippen LogP contribution in [0.25, 0.3) is 11.1 Å². The van der Waals surface area contributed by atoms with Crippen LogP contribution >= 0.6 is 0 Å². The van der Waals surface area contributed by atoms with E-state index in [1.807, 2.05) is 55.1 Å². The van der Waals surface area contributed by atoms with Gasteiger partial charge in [0.25, 0.3) is 0 Å². The van der Waals surface area contributed by atoms with Crippen LogP contribution < -0.4 is 0 Å². The van der Waals surface area contributed by atoms with E-state index in [2.05, 4.69) is 17.0 Å². The zero-order chi connectivity index (χ0) is 19.9. The lowest BCUT2D eigenvalue weighted by Crippen LogP contribution is -2.50. The minimum atomic E-state index is -0.0721. The molecule has 1 unspecified atom stereocenters. The molecule has 2 aromatic rings. The minimum absolute atomic E-state index is 0.0721. The highest BCUT2D eigenvalue weighted by atomic mass is 16.2. The maximum Gasteiger partial charge on any atom is 0.239 e. The molecule has 1 fully saturated rings. The summed E-state index contributed by atoms with van der Waals surface area (Å²) in [5.74, 6) is 0.234. The van der Waals surface area contributed by atoms with Crippen LogP contribution in [0.1, 0.15) is 49.0 Å². The summed E-state index contributed by atoms with van der Waals surface area (Å²) in [5, 5.41) is 0. The second kappa shape index (κ2) is 9.65. The number of carbonyl (C=O) groups is 2. The Kier molecular flexibility index (Phi) is 6.99. The standard InChI is InChI=1S/C24H30N2O2/c1-3-25(4-2)24(28)23-12-8-9-15-26(23)17-21-16-19(18-27)13-14-22(21)20-10-6-5-7-11-20/h5-7,10-11,13-14,16,18,23H,3-4,8-9,12,15,17H2,1-2H3. The number of hydrogen-bond acceptors (Lipinski definition) is 3. The molecule has 3 rings (SSSR count). The van der Waals surface area contributed by atoms with Crippen LogP contribution in [0.4, 0.5) is 0 Å². The van der Waals surface area contributed by atoms with E-state index in [1.54, 1.807) is 0 Å². The van der Waals surface area contributed by atoms with Gasteiger partial charge in [-0.25, -0.2) is 0 Å². The van der Waals surface area contributed by atoms with Gasteiger partial charge in [-0.1, -0.05) is 48.9 Å². The Morgan fingerprint density at radius 3 is 2.54 bits per heavy atom. The lowest BCUT2D eigenvalue weighted by molar-refractivity contribution is -0.138. The molecule has 1 atom stereocenters. The van der Waals surface area contributed by atoms with Gasteiger partial charge < -0.3 is 4.90 Å². The third kappa shape index (κ3) is 4.50. The number of likely N-dealkylation sites (N-methyl/N-ethyl adjacent to an activating group) is 1. The smallest absolute Gasteiger partial charge is 0.239 e. The molecule has 1 heterocycles. The van der Waals surface area contributed by atoms with Crippen LogP contribution in [0.2, 0.25) is 0 Å². The molecular weight excluding hydrogens is 348 g/mol. The molecule has 2 aromatic carbocycles. The quantitative estimate of drug-likeness (QED) is 0.671. The summed E-state index contributed by atoms with van der Waals surface area (Å²) >= 11 is 0. The predicted molar refractivity (Wildman–Crippen MR) is 113 cm³/mol. The number of aldehydes is 1. The fraction of sp³-hybridized carbons (Fsp3) is 0.417. The first-order chi connectivity index (χ1) is 13.7. The van der Waals surface area contributed by atoms with Crippen molar-refractivity contribution in [3.8, 4) is 11.1 Å². The summed E-state index contributed by atoms with van der Waals surface area (Å²) in [5.41, 5.74) is 4.05. The molecule has 1 saturated heterocycles. The van der Waals surface area contributed by atoms with Crippen molar-refractivity contribution in [1.29, 1.82) is 0 Å². The van der Waals surface area contributed by atoms with Gasteiger partial charge in [-0.3, -0.25) is 14.5 Å². The van der Waals surface area contributed by atoms with Crippen molar-refractivity contribution in [2.45, 2.75) is 45.7 Å². The normalized spacial score (nSPS) is 17.3. The molecule has 1 aliphatic rings. The molecule has 0 saturated carbocycles. The van der Waals surface area contributed by atoms with Gasteiger partial charge in [0, 0.05) is 25.2 Å². The molecule has 148 valence electrons. The SMILES string of the molecule is CCN(CC)C(=O)C1CCCCN1Cc1cc(C=O)ccc1-c1ccccc1. The van der Waals surface area contributed by atoms with E-state index in [0.29, 0.717) is 12.1 Å². The summed E-state index contributed by atoms with van der Waals surface area (Å²) in [4.78, 5) is 28.7. The predicted octanol–water partition coefficient (Wildman–Crippen LogP) is 4.39. The number of piperidine rings is 1. The van der Waals surface area contributed by atoms with Gasteiger partial charge in [0.05, 0.1) is 6.04 Å². The van der Waals surface area contributed by atoms with Gasteiger partial charge in [-0.2, -0.15) is 0 Å². The van der Waals surface area contributed by atoms with Crippen LogP contribution in [-0.4, -0.2) is 47.7 Å². The van der Waals surface area contributed by atoms with E-state index >= 15 is 0 Å². The monoisotopic (exact) mass is 378 g/mol. The van der Waals surface area contributed by atoms with Crippen LogP contribution in [0.5, 0.6) is 0 Å². The number of amides is 1. The van der Waals surface area contributed by atoms with Crippen LogP contribution in [-0.2, 0) is 11.3 Å². The topological polar surface area (TPSA) is 40.6 Å². The Morgan fingerprint density at radius 2 is 1.86 bits per heavy atom. The van der Waals surface area contributed by atoms with Crippen LogP contribution in [0, 0.1) is 0 Å². The first-order valence-electron chi connectivity index (χ1n) is 10.3. The fourth-order valence-corrected chi connectivity index (χ4v) is 4.14. The first kappa shape index (κ1) is 20.3. The number of nitrogens with zero attached hydrogens (tertiary/aromatic N) is 2. The highest BCUT2D eigenvalue weighted by Gasteiger charge is 2.31. The third-order valence-electron chi connectivity index (χ3n) is 5.70. The van der Waals surface area contributed by atoms with Gasteiger partial charge in [0.1, 0.15) is 6.29 Å². The number of likely N-dealkylation sites (tertiary alicyclic amines) is 1. The van der Waals surface area contributed by atoms with Crippen molar-refractivity contribution in [2.24, 2.45) is 0 Å². The summed E-state index contributed by atoms with van der Waals surface area (Å²) in [7, 11) is 0. The van der Waals surface area contributed by atoms with Crippen molar-refractivity contribution in [3.05, 3.63) is 59.7 Å². The van der Waals surface area contributed by atoms with Gasteiger partial charge in [-0.05, 0) is 56.0 Å². The Hall–Kier alpha value is -2.46. The molecule has 0 N–H and O–H groups in total. The van der Waals surface area contributed by atoms with Crippen molar-refractivity contribution < 1.29 is 9.59 Å². The van der Waals surface area contributed by atoms with Crippen LogP contribution in [0.15, 0.2) is 48.5 Å². The second-order valence-corrected chi connectivity index (χ2v) is 7.39. The van der Waals surface area contributed by atoms with Gasteiger partial charge in [0.15, 0.2) is 0 Å². The molecule has 28 heavy (non-hydrogen) atoms. The van der Waals surface area contributed by atoms with E-state index in [4.69, 9.17) is 0 Å². The number of benzene rings is 2. The highest BCUT2D eigenvalue weighted by molar-refractivity contribution is 5.82. The van der Waals surface area contributed by atoms with E-state index in [1.165, 1.54) is 0 Å². The van der Waals surface area contributed by atoms with Crippen molar-refractivity contribution in [3.63, 3.8) is 0 Å². The average Bonchev–Trinajstić information content (AvgIpc) is 2.75. The molecule has 0 bridgehead atoms. The summed E-state index contributed by atoms with van der Waals surface area (Å²) < 4.78 is 0. The van der Waals surface area contributed by atoms with E-state index in [-0.39, 0.29) is 11.9 Å². The summed E-state index contributed by atoms with van der Waals surface area (Å²) in [6.07, 6.45) is 4.00. The third-order valence-corrected chi connectivity index (χ3v) is 5.70. The lowest BCUT2D eigenvalue weighted by atomic mass is 9.95. The lowest BCUT2D eigenvalue weighted by Gasteiger charge is -2.37. The van der Waals surface area contributed by atoms with Crippen LogP contribution in [0.3, 0.4) is 0 Å². The Labute approximate surface area is 168 Å². The largest absolute Gasteiger partial charge is 0.342 e. The zero-order valence-electron chi connectivity index (χ0n) is 16.9. The second-order valence-electron chi connectivity index (χ2n) is 7.39. The number of rotatable bonds is 7. The molecule has 1 aliphatic heterocycles. The fourth-order valence-electron chi connectivity index (χ4n) is 4.14. The molecule has 0 radical (unpaired) electrons. The number of hydrogen-bond donors (Lipinski definition) is 0. The van der Waals surface area contributed by atoms with Gasteiger partial charge in [0.2, 0.25) is 5.91 Å². The van der Waals surface area contributed by atoms with E-state index in [0.717, 1.165) is 61.9 Å². The molecule has 0 aromatic heterocycles. The van der Waals surface area contributed by atoms with Crippen molar-refractivity contribution in [2.75, 3.05) is 19.6 Å². The molecule has 1 amide bonds. The van der Waals surface area contributed by atoms with Gasteiger partial charge >= 0.3 is 0 Å². The van der Waals surface area contributed by atoms with Crippen molar-refractivity contribution >= 4 is 12.2 Å². The molecule has 0 aliphatic carbocycles. The van der Waals surface area contributed by atoms with Crippen molar-refractivity contribution in [1.82, 2.24) is 9.80 Å². The maximum absolute atomic E-state index is 13.1. The van der Waals surface area contributed by atoms with E-state index in [9.17, 15) is 9.59 Å². The highest BCUT2D eigenvalue weighted by Crippen LogP contribution is 2.28. The van der Waals surface area contributed by atoms with Gasteiger partial charge in [-0.15, -0.1) is 0 Å². The van der Waals surface area contributed by atoms with E-state index < -0.39 is 0 Å². The molecule has 0 spiro atoms. The Balaban J connectivity index is 1.92. The summed E-state index contributed by atoms with van der Waals surface area (Å²) in [6.45, 7) is 7.16.